The van der Waals surface area contributed by atoms with Gasteiger partial charge in [0.1, 0.15) is 0 Å². The molecule has 0 aliphatic carbocycles. The maximum Gasteiger partial charge on any atom is 0.416 e. The minimum absolute atomic E-state index is 0.0750. The van der Waals surface area contributed by atoms with Crippen molar-refractivity contribution in [1.29, 1.82) is 0 Å². The topological polar surface area (TPSA) is 46.2 Å². The van der Waals surface area contributed by atoms with Crippen LogP contribution in [0.3, 0.4) is 0 Å². The van der Waals surface area contributed by atoms with E-state index < -0.39 is 44.8 Å². The fraction of sp³-hybridized carbons (Fsp3) is 0.143. The summed E-state index contributed by atoms with van der Waals surface area (Å²) >= 11 is 0. The third-order valence-corrected chi connectivity index (χ3v) is 4.32. The minimum Gasteiger partial charge on any atom is -0.207 e. The lowest BCUT2D eigenvalue weighted by molar-refractivity contribution is -0.137. The molecule has 0 saturated carbocycles. The molecule has 0 atom stereocenters. The van der Waals surface area contributed by atoms with E-state index in [9.17, 15) is 30.4 Å². The molecule has 124 valence electrons. The summed E-state index contributed by atoms with van der Waals surface area (Å²) in [5, 5.41) is 0. The first-order valence-corrected chi connectivity index (χ1v) is 7.69. The Morgan fingerprint density at radius 1 is 0.957 bits per heavy atom. The van der Waals surface area contributed by atoms with Crippen molar-refractivity contribution in [2.24, 2.45) is 0 Å². The van der Waals surface area contributed by atoms with Crippen molar-refractivity contribution in [2.45, 2.75) is 17.6 Å². The van der Waals surface area contributed by atoms with Crippen LogP contribution in [0.1, 0.15) is 11.1 Å². The Morgan fingerprint density at radius 3 is 2.26 bits per heavy atom. The van der Waals surface area contributed by atoms with E-state index in [-0.39, 0.29) is 5.56 Å². The van der Waals surface area contributed by atoms with Gasteiger partial charge >= 0.3 is 6.18 Å². The van der Waals surface area contributed by atoms with E-state index in [1.807, 2.05) is 4.72 Å². The summed E-state index contributed by atoms with van der Waals surface area (Å²) in [7, 11) is -4.18. The highest BCUT2D eigenvalue weighted by atomic mass is 32.2. The number of rotatable bonds is 4. The number of sulfonamides is 1. The summed E-state index contributed by atoms with van der Waals surface area (Å²) in [6, 6.07) is 6.10. The van der Waals surface area contributed by atoms with Crippen LogP contribution in [0.15, 0.2) is 47.4 Å². The van der Waals surface area contributed by atoms with Crippen molar-refractivity contribution in [1.82, 2.24) is 4.72 Å². The predicted molar refractivity (Wildman–Crippen MR) is 71.8 cm³/mol. The lowest BCUT2D eigenvalue weighted by Gasteiger charge is -2.10. The maximum atomic E-state index is 13.1. The highest BCUT2D eigenvalue weighted by Gasteiger charge is 2.30. The van der Waals surface area contributed by atoms with Crippen LogP contribution < -0.4 is 4.72 Å². The van der Waals surface area contributed by atoms with E-state index in [2.05, 4.69) is 0 Å². The van der Waals surface area contributed by atoms with Gasteiger partial charge in [0.2, 0.25) is 10.0 Å². The molecule has 0 radical (unpaired) electrons. The molecule has 9 heteroatoms. The average Bonchev–Trinajstić information content (AvgIpc) is 2.47. The first-order chi connectivity index (χ1) is 10.6. The molecule has 23 heavy (non-hydrogen) atoms. The number of benzene rings is 2. The smallest absolute Gasteiger partial charge is 0.207 e. The van der Waals surface area contributed by atoms with Gasteiger partial charge in [-0.15, -0.1) is 0 Å². The zero-order chi connectivity index (χ0) is 17.3. The molecule has 0 fully saturated rings. The number of nitrogens with one attached hydrogen (secondary N) is 1. The van der Waals surface area contributed by atoms with Gasteiger partial charge in [-0.25, -0.2) is 21.9 Å². The minimum atomic E-state index is -4.55. The monoisotopic (exact) mass is 351 g/mol. The van der Waals surface area contributed by atoms with E-state index in [1.165, 1.54) is 6.07 Å². The van der Waals surface area contributed by atoms with Crippen molar-refractivity contribution in [3.63, 3.8) is 0 Å². The Kier molecular flexibility index (Phi) is 4.71. The number of hydrogen-bond donors (Lipinski definition) is 1. The third-order valence-electron chi connectivity index (χ3n) is 2.92. The molecule has 0 aliphatic rings. The van der Waals surface area contributed by atoms with Gasteiger partial charge < -0.3 is 0 Å². The second kappa shape index (κ2) is 6.25. The van der Waals surface area contributed by atoms with E-state index in [0.29, 0.717) is 12.1 Å². The van der Waals surface area contributed by atoms with E-state index in [0.717, 1.165) is 24.3 Å². The Bertz CT molecular complexity index is 818. The van der Waals surface area contributed by atoms with Crippen LogP contribution in [0.25, 0.3) is 0 Å². The average molecular weight is 351 g/mol. The highest BCUT2D eigenvalue weighted by Crippen LogP contribution is 2.29. The van der Waals surface area contributed by atoms with Gasteiger partial charge in [-0.1, -0.05) is 18.2 Å². The molecule has 0 aliphatic heterocycles. The molecule has 2 aromatic carbocycles. The largest absolute Gasteiger partial charge is 0.416 e. The fourth-order valence-electron chi connectivity index (χ4n) is 1.76. The number of halogens is 5. The van der Waals surface area contributed by atoms with Crippen LogP contribution >= 0.6 is 0 Å². The summed E-state index contributed by atoms with van der Waals surface area (Å²) in [6.07, 6.45) is -4.55. The van der Waals surface area contributed by atoms with Crippen LogP contribution in [-0.2, 0) is 22.7 Å². The third kappa shape index (κ3) is 4.26. The fourth-order valence-corrected chi connectivity index (χ4v) is 2.79. The summed E-state index contributed by atoms with van der Waals surface area (Å²) in [4.78, 5) is -0.525. The first kappa shape index (κ1) is 17.4. The molecule has 1 N–H and O–H groups in total. The molecule has 0 unspecified atom stereocenters. The standard InChI is InChI=1S/C14H10F5NO2S/c15-12-5-4-11(7-13(12)16)23(21,22)20-8-9-2-1-3-10(6-9)14(17,18)19/h1-7,20H,8H2. The molecule has 0 aromatic heterocycles. The Hall–Kier alpha value is -2.00. The highest BCUT2D eigenvalue weighted by molar-refractivity contribution is 7.89. The van der Waals surface area contributed by atoms with Gasteiger partial charge in [0.05, 0.1) is 10.5 Å². The first-order valence-electron chi connectivity index (χ1n) is 6.20. The van der Waals surface area contributed by atoms with Crippen molar-refractivity contribution in [2.75, 3.05) is 0 Å². The molecule has 2 rings (SSSR count). The Balaban J connectivity index is 2.18. The molecule has 0 bridgehead atoms. The van der Waals surface area contributed by atoms with Crippen LogP contribution in [0.2, 0.25) is 0 Å². The van der Waals surface area contributed by atoms with Gasteiger partial charge in [-0.2, -0.15) is 13.2 Å². The van der Waals surface area contributed by atoms with Crippen LogP contribution in [0.5, 0.6) is 0 Å². The van der Waals surface area contributed by atoms with Crippen molar-refractivity contribution in [3.05, 3.63) is 65.2 Å². The summed E-state index contributed by atoms with van der Waals surface area (Å²) in [6.45, 7) is -0.425. The molecule has 0 saturated heterocycles. The lowest BCUT2D eigenvalue weighted by Crippen LogP contribution is -2.23. The quantitative estimate of drug-likeness (QED) is 0.858. The van der Waals surface area contributed by atoms with Gasteiger partial charge in [-0.05, 0) is 29.8 Å². The second-order valence-electron chi connectivity index (χ2n) is 4.60. The van der Waals surface area contributed by atoms with E-state index in [4.69, 9.17) is 0 Å². The molecule has 2 aromatic rings. The maximum absolute atomic E-state index is 13.1. The van der Waals surface area contributed by atoms with Gasteiger partial charge in [-0.3, -0.25) is 0 Å². The predicted octanol–water partition coefficient (Wildman–Crippen LogP) is 3.46. The summed E-state index contributed by atoms with van der Waals surface area (Å²) in [5.74, 6) is -2.55. The molecule has 0 spiro atoms. The van der Waals surface area contributed by atoms with E-state index >= 15 is 0 Å². The van der Waals surface area contributed by atoms with Crippen LogP contribution in [0, 0.1) is 11.6 Å². The van der Waals surface area contributed by atoms with Gasteiger partial charge in [0.15, 0.2) is 11.6 Å². The Morgan fingerprint density at radius 2 is 1.65 bits per heavy atom. The second-order valence-corrected chi connectivity index (χ2v) is 6.37. The lowest BCUT2D eigenvalue weighted by atomic mass is 10.1. The van der Waals surface area contributed by atoms with Crippen molar-refractivity contribution in [3.8, 4) is 0 Å². The molecule has 3 nitrogen and oxygen atoms in total. The van der Waals surface area contributed by atoms with Crippen molar-refractivity contribution < 1.29 is 30.4 Å². The molecule has 0 heterocycles. The summed E-state index contributed by atoms with van der Waals surface area (Å²) in [5.41, 5.74) is -0.840. The molecular weight excluding hydrogens is 341 g/mol. The van der Waals surface area contributed by atoms with Crippen LogP contribution in [0.4, 0.5) is 22.0 Å². The zero-order valence-corrected chi connectivity index (χ0v) is 12.2. The SMILES string of the molecule is O=S(=O)(NCc1cccc(C(F)(F)F)c1)c1ccc(F)c(F)c1. The van der Waals surface area contributed by atoms with Crippen LogP contribution in [-0.4, -0.2) is 8.42 Å². The zero-order valence-electron chi connectivity index (χ0n) is 11.4. The molecular formula is C14H10F5NO2S. The van der Waals surface area contributed by atoms with Crippen molar-refractivity contribution >= 4 is 10.0 Å². The van der Waals surface area contributed by atoms with Gasteiger partial charge in [0, 0.05) is 6.54 Å². The van der Waals surface area contributed by atoms with E-state index in [1.54, 1.807) is 0 Å². The Labute approximate surface area is 128 Å². The number of alkyl halides is 3. The molecule has 0 amide bonds. The normalized spacial score (nSPS) is 12.4. The number of hydrogen-bond acceptors (Lipinski definition) is 2. The van der Waals surface area contributed by atoms with Gasteiger partial charge in [0.25, 0.3) is 0 Å². The summed E-state index contributed by atoms with van der Waals surface area (Å²) < 4.78 is 89.5.